The standard InChI is InChI=1S/C13H13N3OS2/c1-17-10-2-3-11-12(6-10)19-13(16-11)14-5-4-9-7-18-8-15-9/h2-3,6-8H,4-5H2,1H3,(H,14,16). The number of methoxy groups -OCH3 is 1. The minimum absolute atomic E-state index is 0.848. The van der Waals surface area contributed by atoms with Gasteiger partial charge in [-0.05, 0) is 18.2 Å². The van der Waals surface area contributed by atoms with Gasteiger partial charge < -0.3 is 10.1 Å². The van der Waals surface area contributed by atoms with E-state index in [1.807, 2.05) is 23.7 Å². The lowest BCUT2D eigenvalue weighted by atomic mass is 10.3. The van der Waals surface area contributed by atoms with E-state index in [2.05, 4.69) is 20.7 Å². The summed E-state index contributed by atoms with van der Waals surface area (Å²) in [5.74, 6) is 0.866. The highest BCUT2D eigenvalue weighted by Crippen LogP contribution is 2.28. The molecule has 0 bridgehead atoms. The number of fused-ring (bicyclic) bond motifs is 1. The van der Waals surface area contributed by atoms with Gasteiger partial charge in [-0.15, -0.1) is 11.3 Å². The number of benzene rings is 1. The van der Waals surface area contributed by atoms with E-state index in [0.29, 0.717) is 0 Å². The highest BCUT2D eigenvalue weighted by Gasteiger charge is 2.04. The molecule has 0 saturated carbocycles. The molecule has 0 fully saturated rings. The SMILES string of the molecule is COc1ccc2nc(NCCc3cscn3)sc2c1. The third-order valence-electron chi connectivity index (χ3n) is 2.74. The second kappa shape index (κ2) is 5.54. The molecule has 19 heavy (non-hydrogen) atoms. The van der Waals surface area contributed by atoms with Crippen molar-refractivity contribution in [3.63, 3.8) is 0 Å². The van der Waals surface area contributed by atoms with Gasteiger partial charge in [0, 0.05) is 18.3 Å². The fourth-order valence-electron chi connectivity index (χ4n) is 1.77. The summed E-state index contributed by atoms with van der Waals surface area (Å²) in [5.41, 5.74) is 3.99. The van der Waals surface area contributed by atoms with Gasteiger partial charge in [-0.2, -0.15) is 0 Å². The van der Waals surface area contributed by atoms with Crippen molar-refractivity contribution in [1.29, 1.82) is 0 Å². The molecule has 4 nitrogen and oxygen atoms in total. The minimum Gasteiger partial charge on any atom is -0.497 e. The zero-order valence-electron chi connectivity index (χ0n) is 10.4. The molecule has 1 aromatic carbocycles. The van der Waals surface area contributed by atoms with E-state index in [1.165, 1.54) is 0 Å². The van der Waals surface area contributed by atoms with Gasteiger partial charge in [-0.1, -0.05) is 11.3 Å². The molecule has 2 heterocycles. The van der Waals surface area contributed by atoms with Crippen LogP contribution in [-0.4, -0.2) is 23.6 Å². The maximum Gasteiger partial charge on any atom is 0.183 e. The molecule has 0 aliphatic heterocycles. The first-order chi connectivity index (χ1) is 9.35. The lowest BCUT2D eigenvalue weighted by Crippen LogP contribution is -2.04. The van der Waals surface area contributed by atoms with Crippen LogP contribution in [0.4, 0.5) is 5.13 Å². The van der Waals surface area contributed by atoms with E-state index in [-0.39, 0.29) is 0 Å². The molecular weight excluding hydrogens is 278 g/mol. The summed E-state index contributed by atoms with van der Waals surface area (Å²) in [6.07, 6.45) is 0.919. The van der Waals surface area contributed by atoms with E-state index in [0.717, 1.165) is 39.8 Å². The Morgan fingerprint density at radius 3 is 3.11 bits per heavy atom. The van der Waals surface area contributed by atoms with Crippen LogP contribution in [0.25, 0.3) is 10.2 Å². The van der Waals surface area contributed by atoms with Gasteiger partial charge in [-0.3, -0.25) is 0 Å². The smallest absolute Gasteiger partial charge is 0.183 e. The van der Waals surface area contributed by atoms with Crippen LogP contribution < -0.4 is 10.1 Å². The van der Waals surface area contributed by atoms with E-state index >= 15 is 0 Å². The number of thiazole rings is 2. The van der Waals surface area contributed by atoms with Gasteiger partial charge in [0.1, 0.15) is 5.75 Å². The van der Waals surface area contributed by atoms with Crippen molar-refractivity contribution in [2.24, 2.45) is 0 Å². The van der Waals surface area contributed by atoms with E-state index in [9.17, 15) is 0 Å². The first kappa shape index (κ1) is 12.4. The number of nitrogens with zero attached hydrogens (tertiary/aromatic N) is 2. The van der Waals surface area contributed by atoms with Crippen LogP contribution in [0, 0.1) is 0 Å². The Bertz CT molecular complexity index is 664. The molecule has 0 atom stereocenters. The summed E-state index contributed by atoms with van der Waals surface area (Å²) in [6.45, 7) is 0.848. The molecule has 0 unspecified atom stereocenters. The molecule has 0 aliphatic rings. The van der Waals surface area contributed by atoms with Gasteiger partial charge in [0.25, 0.3) is 0 Å². The number of hydrogen-bond acceptors (Lipinski definition) is 6. The summed E-state index contributed by atoms with van der Waals surface area (Å²) >= 11 is 3.27. The second-order valence-electron chi connectivity index (χ2n) is 4.01. The van der Waals surface area contributed by atoms with Crippen LogP contribution >= 0.6 is 22.7 Å². The van der Waals surface area contributed by atoms with Crippen molar-refractivity contribution < 1.29 is 4.74 Å². The predicted molar refractivity (Wildman–Crippen MR) is 80.5 cm³/mol. The van der Waals surface area contributed by atoms with Crippen molar-refractivity contribution in [3.8, 4) is 5.75 Å². The number of ether oxygens (including phenoxy) is 1. The van der Waals surface area contributed by atoms with Crippen LogP contribution in [0.15, 0.2) is 29.1 Å². The molecule has 2 aromatic heterocycles. The Hall–Kier alpha value is -1.66. The quantitative estimate of drug-likeness (QED) is 0.782. The van der Waals surface area contributed by atoms with Crippen LogP contribution in [0.2, 0.25) is 0 Å². The highest BCUT2D eigenvalue weighted by atomic mass is 32.1. The molecule has 0 spiro atoms. The van der Waals surface area contributed by atoms with Crippen molar-refractivity contribution in [1.82, 2.24) is 9.97 Å². The molecule has 1 N–H and O–H groups in total. The largest absolute Gasteiger partial charge is 0.497 e. The van der Waals surface area contributed by atoms with Gasteiger partial charge >= 0.3 is 0 Å². The topological polar surface area (TPSA) is 47.0 Å². The van der Waals surface area contributed by atoms with E-state index in [4.69, 9.17) is 4.74 Å². The molecule has 0 radical (unpaired) electrons. The van der Waals surface area contributed by atoms with Crippen molar-refractivity contribution in [2.45, 2.75) is 6.42 Å². The van der Waals surface area contributed by atoms with Gasteiger partial charge in [0.15, 0.2) is 5.13 Å². The molecule has 3 aromatic rings. The zero-order chi connectivity index (χ0) is 13.1. The third-order valence-corrected chi connectivity index (χ3v) is 4.35. The van der Waals surface area contributed by atoms with Gasteiger partial charge in [0.2, 0.25) is 0 Å². The summed E-state index contributed by atoms with van der Waals surface area (Å²) in [6, 6.07) is 5.93. The van der Waals surface area contributed by atoms with Crippen molar-refractivity contribution >= 4 is 38.0 Å². The van der Waals surface area contributed by atoms with Gasteiger partial charge in [0.05, 0.1) is 28.5 Å². The molecule has 0 saturated heterocycles. The van der Waals surface area contributed by atoms with Gasteiger partial charge in [-0.25, -0.2) is 9.97 Å². The van der Waals surface area contributed by atoms with Crippen LogP contribution in [0.5, 0.6) is 5.75 Å². The second-order valence-corrected chi connectivity index (χ2v) is 5.76. The molecule has 0 aliphatic carbocycles. The van der Waals surface area contributed by atoms with E-state index < -0.39 is 0 Å². The summed E-state index contributed by atoms with van der Waals surface area (Å²) in [5, 5.41) is 6.36. The fourth-order valence-corrected chi connectivity index (χ4v) is 3.28. The number of aromatic nitrogens is 2. The van der Waals surface area contributed by atoms with Crippen molar-refractivity contribution in [3.05, 3.63) is 34.8 Å². The Kier molecular flexibility index (Phi) is 3.61. The zero-order valence-corrected chi connectivity index (χ0v) is 12.1. The maximum atomic E-state index is 5.21. The molecular formula is C13H13N3OS2. The summed E-state index contributed by atoms with van der Waals surface area (Å²) < 4.78 is 6.35. The number of rotatable bonds is 5. The molecule has 0 amide bonds. The highest BCUT2D eigenvalue weighted by molar-refractivity contribution is 7.22. The average molecular weight is 291 g/mol. The number of anilines is 1. The van der Waals surface area contributed by atoms with E-state index in [1.54, 1.807) is 29.8 Å². The maximum absolute atomic E-state index is 5.21. The predicted octanol–water partition coefficient (Wildman–Crippen LogP) is 3.42. The third kappa shape index (κ3) is 2.85. The first-order valence-corrected chi connectivity index (χ1v) is 7.66. The lowest BCUT2D eigenvalue weighted by Gasteiger charge is -1.99. The Morgan fingerprint density at radius 1 is 1.37 bits per heavy atom. The monoisotopic (exact) mass is 291 g/mol. The van der Waals surface area contributed by atoms with Crippen LogP contribution in [-0.2, 0) is 6.42 Å². The lowest BCUT2D eigenvalue weighted by molar-refractivity contribution is 0.415. The minimum atomic E-state index is 0.848. The normalized spacial score (nSPS) is 10.8. The number of hydrogen-bond donors (Lipinski definition) is 1. The van der Waals surface area contributed by atoms with Crippen molar-refractivity contribution in [2.75, 3.05) is 19.0 Å². The van der Waals surface area contributed by atoms with Crippen LogP contribution in [0.3, 0.4) is 0 Å². The number of nitrogens with one attached hydrogen (secondary N) is 1. The Morgan fingerprint density at radius 2 is 2.32 bits per heavy atom. The molecule has 98 valence electrons. The Labute approximate surface area is 119 Å². The first-order valence-electron chi connectivity index (χ1n) is 5.90. The Balaban J connectivity index is 1.67. The average Bonchev–Trinajstić information content (AvgIpc) is 3.06. The van der Waals surface area contributed by atoms with Crippen LogP contribution in [0.1, 0.15) is 5.69 Å². The summed E-state index contributed by atoms with van der Waals surface area (Å²) in [7, 11) is 1.68. The molecule has 3 rings (SSSR count). The fraction of sp³-hybridized carbons (Fsp3) is 0.231. The summed E-state index contributed by atoms with van der Waals surface area (Å²) in [4.78, 5) is 8.80. The molecule has 6 heteroatoms.